The van der Waals surface area contributed by atoms with Crippen LogP contribution in [0.4, 0.5) is 0 Å². The maximum atomic E-state index is 12.2. The van der Waals surface area contributed by atoms with Gasteiger partial charge in [0.15, 0.2) is 0 Å². The molecule has 31 heavy (non-hydrogen) atoms. The van der Waals surface area contributed by atoms with Crippen molar-refractivity contribution < 1.29 is 9.53 Å². The van der Waals surface area contributed by atoms with Crippen LogP contribution in [0.25, 0.3) is 0 Å². The molecule has 0 fully saturated rings. The molecule has 0 heterocycles. The van der Waals surface area contributed by atoms with Gasteiger partial charge in [-0.3, -0.25) is 4.79 Å². The van der Waals surface area contributed by atoms with Gasteiger partial charge in [-0.2, -0.15) is 0 Å². The number of ether oxygens (including phenoxy) is 1. The number of rotatable bonds is 25. The van der Waals surface area contributed by atoms with E-state index in [4.69, 9.17) is 4.74 Å². The number of carbonyl (C=O) groups is 1. The third kappa shape index (κ3) is 24.0. The Morgan fingerprint density at radius 3 is 1.35 bits per heavy atom. The number of hydrogen-bond donors (Lipinski definition) is 0. The van der Waals surface area contributed by atoms with Crippen molar-refractivity contribution in [2.45, 2.75) is 168 Å². The summed E-state index contributed by atoms with van der Waals surface area (Å²) in [4.78, 5) is 12.2. The molecule has 186 valence electrons. The smallest absolute Gasteiger partial charge is 0.305 e. The van der Waals surface area contributed by atoms with Gasteiger partial charge in [-0.25, -0.2) is 0 Å². The second-order valence-corrected chi connectivity index (χ2v) is 9.89. The van der Waals surface area contributed by atoms with E-state index in [1.54, 1.807) is 0 Å². The van der Waals surface area contributed by atoms with Gasteiger partial charge in [-0.05, 0) is 25.2 Å². The summed E-state index contributed by atoms with van der Waals surface area (Å²) in [6.45, 7) is 7.47. The molecule has 0 radical (unpaired) electrons. The van der Waals surface area contributed by atoms with Crippen LogP contribution in [-0.4, -0.2) is 12.6 Å². The minimum atomic E-state index is 0.0403. The largest absolute Gasteiger partial charge is 0.465 e. The first-order chi connectivity index (χ1) is 15.2. The summed E-state index contributed by atoms with van der Waals surface area (Å²) in [6.07, 6.45) is 29.6. The molecule has 2 nitrogen and oxygen atoms in total. The van der Waals surface area contributed by atoms with Gasteiger partial charge in [0.1, 0.15) is 0 Å². The maximum absolute atomic E-state index is 12.2. The molecule has 0 amide bonds. The normalized spacial score (nSPS) is 12.2. The average molecular weight is 439 g/mol. The van der Waals surface area contributed by atoms with E-state index in [9.17, 15) is 4.79 Å². The van der Waals surface area contributed by atoms with Gasteiger partial charge < -0.3 is 4.74 Å². The number of esters is 1. The van der Waals surface area contributed by atoms with Gasteiger partial charge in [0.25, 0.3) is 0 Å². The molecule has 0 rings (SSSR count). The van der Waals surface area contributed by atoms with Gasteiger partial charge in [-0.1, -0.05) is 143 Å². The monoisotopic (exact) mass is 438 g/mol. The highest BCUT2D eigenvalue weighted by molar-refractivity contribution is 5.69. The number of unbranched alkanes of at least 4 members (excludes halogenated alkanes) is 17. The quantitative estimate of drug-likeness (QED) is 0.105. The van der Waals surface area contributed by atoms with Crippen LogP contribution < -0.4 is 0 Å². The van der Waals surface area contributed by atoms with E-state index in [1.165, 1.54) is 135 Å². The molecule has 0 aromatic carbocycles. The molecule has 0 aromatic heterocycles. The summed E-state index contributed by atoms with van der Waals surface area (Å²) in [5.74, 6) is 0.623. The lowest BCUT2D eigenvalue weighted by Crippen LogP contribution is -2.14. The fourth-order valence-electron chi connectivity index (χ4n) is 4.42. The fraction of sp³-hybridized carbons (Fsp3) is 0.966. The van der Waals surface area contributed by atoms with Crippen molar-refractivity contribution >= 4 is 5.97 Å². The van der Waals surface area contributed by atoms with Crippen LogP contribution >= 0.6 is 0 Å². The number of carbonyl (C=O) groups excluding carboxylic acids is 1. The van der Waals surface area contributed by atoms with E-state index in [0.29, 0.717) is 18.9 Å². The van der Waals surface area contributed by atoms with Gasteiger partial charge in [0.2, 0.25) is 0 Å². The van der Waals surface area contributed by atoms with Gasteiger partial charge in [0.05, 0.1) is 6.61 Å². The Balaban J connectivity index is 3.65. The van der Waals surface area contributed by atoms with Gasteiger partial charge in [-0.15, -0.1) is 0 Å². The highest BCUT2D eigenvalue weighted by Crippen LogP contribution is 2.19. The van der Waals surface area contributed by atoms with Crippen molar-refractivity contribution in [3.05, 3.63) is 0 Å². The first-order valence-corrected chi connectivity index (χ1v) is 14.4. The van der Waals surface area contributed by atoms with E-state index in [1.807, 2.05) is 0 Å². The predicted octanol–water partition coefficient (Wildman–Crippen LogP) is 10.2. The summed E-state index contributed by atoms with van der Waals surface area (Å²) in [5, 5.41) is 0. The Labute approximate surface area is 196 Å². The van der Waals surface area contributed by atoms with E-state index in [-0.39, 0.29) is 5.97 Å². The molecular formula is C29H58O2. The minimum absolute atomic E-state index is 0.0403. The van der Waals surface area contributed by atoms with Crippen LogP contribution in [0.15, 0.2) is 0 Å². The average Bonchev–Trinajstić information content (AvgIpc) is 2.77. The molecule has 0 aromatic rings. The van der Waals surface area contributed by atoms with Gasteiger partial charge >= 0.3 is 5.97 Å². The molecule has 0 bridgehead atoms. The van der Waals surface area contributed by atoms with Gasteiger partial charge in [0, 0.05) is 6.42 Å². The minimum Gasteiger partial charge on any atom is -0.465 e. The molecule has 0 N–H and O–H groups in total. The van der Waals surface area contributed by atoms with E-state index < -0.39 is 0 Å². The second kappa shape index (κ2) is 25.7. The van der Waals surface area contributed by atoms with E-state index >= 15 is 0 Å². The third-order valence-electron chi connectivity index (χ3n) is 6.65. The van der Waals surface area contributed by atoms with Crippen molar-refractivity contribution in [3.63, 3.8) is 0 Å². The van der Waals surface area contributed by atoms with Crippen LogP contribution in [-0.2, 0) is 9.53 Å². The summed E-state index contributed by atoms with van der Waals surface area (Å²) >= 11 is 0. The lowest BCUT2D eigenvalue weighted by atomic mass is 9.95. The lowest BCUT2D eigenvalue weighted by molar-refractivity contribution is -0.145. The molecule has 0 aliphatic carbocycles. The summed E-state index contributed by atoms with van der Waals surface area (Å²) in [7, 11) is 0. The number of hydrogen-bond acceptors (Lipinski definition) is 2. The molecular weight excluding hydrogens is 380 g/mol. The summed E-state index contributed by atoms with van der Waals surface area (Å²) in [6, 6.07) is 0. The molecule has 0 saturated carbocycles. The third-order valence-corrected chi connectivity index (χ3v) is 6.65. The Morgan fingerprint density at radius 1 is 0.516 bits per heavy atom. The fourth-order valence-corrected chi connectivity index (χ4v) is 4.42. The SMILES string of the molecule is CCCCCCCCCCCCCCC(=O)OCC(CCCCC)CCCCCCC. The van der Waals surface area contributed by atoms with Crippen molar-refractivity contribution in [1.29, 1.82) is 0 Å². The Morgan fingerprint density at radius 2 is 0.871 bits per heavy atom. The molecule has 2 heteroatoms. The van der Waals surface area contributed by atoms with Crippen LogP contribution in [0.5, 0.6) is 0 Å². The zero-order chi connectivity index (χ0) is 22.8. The van der Waals surface area contributed by atoms with Crippen LogP contribution in [0.3, 0.4) is 0 Å². The summed E-state index contributed by atoms with van der Waals surface area (Å²) < 4.78 is 5.67. The van der Waals surface area contributed by atoms with Crippen molar-refractivity contribution in [1.82, 2.24) is 0 Å². The maximum Gasteiger partial charge on any atom is 0.305 e. The first kappa shape index (κ1) is 30.5. The Hall–Kier alpha value is -0.530. The summed E-state index contributed by atoms with van der Waals surface area (Å²) in [5.41, 5.74) is 0. The second-order valence-electron chi connectivity index (χ2n) is 9.89. The molecule has 0 saturated heterocycles. The highest BCUT2D eigenvalue weighted by Gasteiger charge is 2.12. The molecule has 0 aliphatic rings. The highest BCUT2D eigenvalue weighted by atomic mass is 16.5. The standard InChI is InChI=1S/C29H58O2/c1-4-7-10-12-13-14-15-16-17-18-20-23-26-29(30)31-27-28(24-21-9-6-3)25-22-19-11-8-5-2/h28H,4-27H2,1-3H3. The van der Waals surface area contributed by atoms with E-state index in [2.05, 4.69) is 20.8 Å². The van der Waals surface area contributed by atoms with E-state index in [0.717, 1.165) is 6.42 Å². The van der Waals surface area contributed by atoms with Crippen LogP contribution in [0.2, 0.25) is 0 Å². The van der Waals surface area contributed by atoms with Crippen LogP contribution in [0.1, 0.15) is 168 Å². The molecule has 0 aliphatic heterocycles. The van der Waals surface area contributed by atoms with Crippen molar-refractivity contribution in [2.24, 2.45) is 5.92 Å². The first-order valence-electron chi connectivity index (χ1n) is 14.4. The zero-order valence-corrected chi connectivity index (χ0v) is 21.9. The molecule has 0 spiro atoms. The Kier molecular flexibility index (Phi) is 25.3. The van der Waals surface area contributed by atoms with Crippen molar-refractivity contribution in [3.8, 4) is 0 Å². The topological polar surface area (TPSA) is 26.3 Å². The van der Waals surface area contributed by atoms with Crippen LogP contribution in [0, 0.1) is 5.92 Å². The Bertz CT molecular complexity index is 353. The lowest BCUT2D eigenvalue weighted by Gasteiger charge is -2.17. The zero-order valence-electron chi connectivity index (χ0n) is 21.9. The van der Waals surface area contributed by atoms with Crippen molar-refractivity contribution in [2.75, 3.05) is 6.61 Å². The molecule has 1 unspecified atom stereocenters. The predicted molar refractivity (Wildman–Crippen MR) is 138 cm³/mol. The molecule has 1 atom stereocenters.